The molecule has 126 valence electrons. The maximum absolute atomic E-state index is 3.81. The number of nitrogens with zero attached hydrogens (tertiary/aromatic N) is 1. The van der Waals surface area contributed by atoms with Crippen molar-refractivity contribution in [3.8, 4) is 0 Å². The van der Waals surface area contributed by atoms with Crippen molar-refractivity contribution >= 4 is 0 Å². The number of hydrogen-bond donors (Lipinski definition) is 1. The second-order valence-electron chi connectivity index (χ2n) is 7.55. The summed E-state index contributed by atoms with van der Waals surface area (Å²) in [6.45, 7) is 15.5. The van der Waals surface area contributed by atoms with Gasteiger partial charge in [-0.25, -0.2) is 0 Å². The Balaban J connectivity index is 2.56. The summed E-state index contributed by atoms with van der Waals surface area (Å²) in [5.74, 6) is 1.70. The van der Waals surface area contributed by atoms with Crippen LogP contribution in [0.15, 0.2) is 0 Å². The Morgan fingerprint density at radius 3 is 2.48 bits per heavy atom. The van der Waals surface area contributed by atoms with E-state index in [9.17, 15) is 0 Å². The minimum absolute atomic E-state index is 0.710. The van der Waals surface area contributed by atoms with E-state index in [2.05, 4.69) is 44.8 Å². The lowest BCUT2D eigenvalue weighted by Gasteiger charge is -2.42. The van der Waals surface area contributed by atoms with Gasteiger partial charge in [-0.2, -0.15) is 0 Å². The molecule has 0 aromatic heterocycles. The van der Waals surface area contributed by atoms with Crippen molar-refractivity contribution in [2.75, 3.05) is 19.6 Å². The lowest BCUT2D eigenvalue weighted by atomic mass is 9.94. The molecule has 0 aliphatic carbocycles. The topological polar surface area (TPSA) is 15.3 Å². The first kappa shape index (κ1) is 19.0. The van der Waals surface area contributed by atoms with Crippen LogP contribution < -0.4 is 5.32 Å². The summed E-state index contributed by atoms with van der Waals surface area (Å²) in [6, 6.07) is 1.48. The van der Waals surface area contributed by atoms with E-state index >= 15 is 0 Å². The van der Waals surface area contributed by atoms with Gasteiger partial charge >= 0.3 is 0 Å². The zero-order valence-electron chi connectivity index (χ0n) is 15.3. The standard InChI is InChI=1S/C19H40N2/c1-6-9-11-17(8-3)14-21-15-18(12-16(4)5)20-13-19(21)10-7-2/h16-20H,6-15H2,1-5H3. The van der Waals surface area contributed by atoms with Crippen molar-refractivity contribution in [2.45, 2.75) is 91.6 Å². The predicted molar refractivity (Wildman–Crippen MR) is 94.8 cm³/mol. The highest BCUT2D eigenvalue weighted by molar-refractivity contribution is 4.87. The molecule has 3 unspecified atom stereocenters. The molecule has 0 aromatic rings. The van der Waals surface area contributed by atoms with E-state index in [0.29, 0.717) is 6.04 Å². The summed E-state index contributed by atoms with van der Waals surface area (Å²) < 4.78 is 0. The molecule has 3 atom stereocenters. The van der Waals surface area contributed by atoms with Crippen LogP contribution in [0.3, 0.4) is 0 Å². The number of unbranched alkanes of at least 4 members (excludes halogenated alkanes) is 1. The smallest absolute Gasteiger partial charge is 0.0221 e. The number of rotatable bonds is 10. The van der Waals surface area contributed by atoms with Crippen LogP contribution in [0, 0.1) is 11.8 Å². The van der Waals surface area contributed by atoms with E-state index in [0.717, 1.165) is 17.9 Å². The highest BCUT2D eigenvalue weighted by Crippen LogP contribution is 2.21. The largest absolute Gasteiger partial charge is 0.311 e. The monoisotopic (exact) mass is 296 g/mol. The first-order valence-corrected chi connectivity index (χ1v) is 9.57. The van der Waals surface area contributed by atoms with E-state index in [-0.39, 0.29) is 0 Å². The van der Waals surface area contributed by atoms with Crippen LogP contribution in [0.2, 0.25) is 0 Å². The molecular weight excluding hydrogens is 256 g/mol. The normalized spacial score (nSPS) is 25.4. The first-order valence-electron chi connectivity index (χ1n) is 9.57. The Bertz CT molecular complexity index is 252. The summed E-state index contributed by atoms with van der Waals surface area (Å²) in [5.41, 5.74) is 0. The molecule has 0 aromatic carbocycles. The summed E-state index contributed by atoms with van der Waals surface area (Å²) in [7, 11) is 0. The Morgan fingerprint density at radius 2 is 1.90 bits per heavy atom. The van der Waals surface area contributed by atoms with Gasteiger partial charge < -0.3 is 5.32 Å². The quantitative estimate of drug-likeness (QED) is 0.629. The fourth-order valence-corrected chi connectivity index (χ4v) is 3.75. The molecule has 21 heavy (non-hydrogen) atoms. The Morgan fingerprint density at radius 1 is 1.14 bits per heavy atom. The van der Waals surface area contributed by atoms with Gasteiger partial charge in [-0.3, -0.25) is 4.90 Å². The first-order chi connectivity index (χ1) is 10.1. The molecule has 1 fully saturated rings. The molecule has 0 spiro atoms. The highest BCUT2D eigenvalue weighted by atomic mass is 15.2. The van der Waals surface area contributed by atoms with Crippen LogP contribution in [-0.4, -0.2) is 36.6 Å². The average Bonchev–Trinajstić information content (AvgIpc) is 2.45. The van der Waals surface area contributed by atoms with Crippen molar-refractivity contribution in [1.82, 2.24) is 10.2 Å². The van der Waals surface area contributed by atoms with Crippen molar-refractivity contribution < 1.29 is 0 Å². The van der Waals surface area contributed by atoms with Crippen molar-refractivity contribution in [3.63, 3.8) is 0 Å². The van der Waals surface area contributed by atoms with Crippen LogP contribution in [0.25, 0.3) is 0 Å². The minimum atomic E-state index is 0.710. The van der Waals surface area contributed by atoms with E-state index in [1.165, 1.54) is 64.6 Å². The summed E-state index contributed by atoms with van der Waals surface area (Å²) in [6.07, 6.45) is 9.49. The van der Waals surface area contributed by atoms with Gasteiger partial charge in [0.2, 0.25) is 0 Å². The molecule has 2 nitrogen and oxygen atoms in total. The fraction of sp³-hybridized carbons (Fsp3) is 1.00. The van der Waals surface area contributed by atoms with Crippen molar-refractivity contribution in [1.29, 1.82) is 0 Å². The zero-order valence-corrected chi connectivity index (χ0v) is 15.3. The lowest BCUT2D eigenvalue weighted by molar-refractivity contribution is 0.0933. The van der Waals surface area contributed by atoms with E-state index < -0.39 is 0 Å². The van der Waals surface area contributed by atoms with Crippen LogP contribution in [0.4, 0.5) is 0 Å². The van der Waals surface area contributed by atoms with Gasteiger partial charge in [0.05, 0.1) is 0 Å². The predicted octanol–water partition coefficient (Wildman–Crippen LogP) is 4.69. The molecule has 1 saturated heterocycles. The maximum atomic E-state index is 3.81. The third kappa shape index (κ3) is 7.15. The number of nitrogens with one attached hydrogen (secondary N) is 1. The Kier molecular flexibility index (Phi) is 9.59. The third-order valence-corrected chi connectivity index (χ3v) is 5.03. The Hall–Kier alpha value is -0.0800. The van der Waals surface area contributed by atoms with Gasteiger partial charge in [0, 0.05) is 31.7 Å². The van der Waals surface area contributed by atoms with Crippen molar-refractivity contribution in [3.05, 3.63) is 0 Å². The SMILES string of the molecule is CCCCC(CC)CN1CC(CC(C)C)NCC1CCC. The molecule has 0 bridgehead atoms. The number of hydrogen-bond acceptors (Lipinski definition) is 2. The molecule has 1 rings (SSSR count). The van der Waals surface area contributed by atoms with Gasteiger partial charge in [-0.05, 0) is 31.1 Å². The summed E-state index contributed by atoms with van der Waals surface area (Å²) in [5, 5.41) is 3.81. The Labute approximate surface area is 134 Å². The van der Waals surface area contributed by atoms with Gasteiger partial charge in [-0.1, -0.05) is 60.3 Å². The lowest BCUT2D eigenvalue weighted by Crippen LogP contribution is -2.57. The van der Waals surface area contributed by atoms with Gasteiger partial charge in [0.1, 0.15) is 0 Å². The molecule has 1 heterocycles. The summed E-state index contributed by atoms with van der Waals surface area (Å²) in [4.78, 5) is 2.83. The summed E-state index contributed by atoms with van der Waals surface area (Å²) >= 11 is 0. The van der Waals surface area contributed by atoms with Crippen LogP contribution in [0.5, 0.6) is 0 Å². The minimum Gasteiger partial charge on any atom is -0.311 e. The number of piperazine rings is 1. The van der Waals surface area contributed by atoms with Gasteiger partial charge in [0.15, 0.2) is 0 Å². The zero-order chi connectivity index (χ0) is 15.7. The van der Waals surface area contributed by atoms with Crippen LogP contribution >= 0.6 is 0 Å². The van der Waals surface area contributed by atoms with Crippen LogP contribution in [-0.2, 0) is 0 Å². The molecule has 1 N–H and O–H groups in total. The second kappa shape index (κ2) is 10.6. The molecule has 0 radical (unpaired) electrons. The second-order valence-corrected chi connectivity index (χ2v) is 7.55. The van der Waals surface area contributed by atoms with Gasteiger partial charge in [0.25, 0.3) is 0 Å². The molecule has 1 aliphatic heterocycles. The third-order valence-electron chi connectivity index (χ3n) is 5.03. The van der Waals surface area contributed by atoms with E-state index in [1.54, 1.807) is 0 Å². The molecule has 1 aliphatic rings. The van der Waals surface area contributed by atoms with Gasteiger partial charge in [-0.15, -0.1) is 0 Å². The average molecular weight is 297 g/mol. The molecule has 2 heteroatoms. The highest BCUT2D eigenvalue weighted by Gasteiger charge is 2.28. The fourth-order valence-electron chi connectivity index (χ4n) is 3.75. The van der Waals surface area contributed by atoms with E-state index in [1.807, 2.05) is 0 Å². The molecule has 0 amide bonds. The van der Waals surface area contributed by atoms with Crippen LogP contribution in [0.1, 0.15) is 79.6 Å². The maximum Gasteiger partial charge on any atom is 0.0221 e. The van der Waals surface area contributed by atoms with E-state index in [4.69, 9.17) is 0 Å². The molecular formula is C19H40N2. The molecule has 0 saturated carbocycles. The van der Waals surface area contributed by atoms with Crippen molar-refractivity contribution in [2.24, 2.45) is 11.8 Å².